The number of anilines is 1. The zero-order valence-corrected chi connectivity index (χ0v) is 15.4. The number of ether oxygens (including phenoxy) is 1. The minimum atomic E-state index is -0.0223. The maximum atomic E-state index is 6.33. The number of fused-ring (bicyclic) bond motifs is 1. The largest absolute Gasteiger partial charge is 0.483 e. The van der Waals surface area contributed by atoms with Crippen LogP contribution in [0, 0.1) is 6.92 Å². The van der Waals surface area contributed by atoms with E-state index < -0.39 is 0 Å². The highest BCUT2D eigenvalue weighted by Crippen LogP contribution is 2.36. The first kappa shape index (κ1) is 16.7. The molecule has 1 fully saturated rings. The Hall–Kier alpha value is -1.78. The van der Waals surface area contributed by atoms with Crippen LogP contribution in [0.1, 0.15) is 35.8 Å². The van der Waals surface area contributed by atoms with Crippen LogP contribution in [0.25, 0.3) is 0 Å². The smallest absolute Gasteiger partial charge is 0.141 e. The van der Waals surface area contributed by atoms with Gasteiger partial charge in [0.2, 0.25) is 0 Å². The fourth-order valence-electron chi connectivity index (χ4n) is 3.64. The molecular weight excluding hydrogens is 334 g/mol. The first-order chi connectivity index (χ1) is 12.2. The zero-order valence-electron chi connectivity index (χ0n) is 14.6. The summed E-state index contributed by atoms with van der Waals surface area (Å²) in [7, 11) is 0. The van der Waals surface area contributed by atoms with Gasteiger partial charge in [-0.15, -0.1) is 0 Å². The zero-order chi connectivity index (χ0) is 17.2. The number of halogens is 1. The molecule has 2 heterocycles. The summed E-state index contributed by atoms with van der Waals surface area (Å²) in [5.41, 5.74) is 3.54. The molecule has 1 aromatic carbocycles. The van der Waals surface area contributed by atoms with Gasteiger partial charge in [-0.2, -0.15) is 0 Å². The Bertz CT molecular complexity index is 759. The molecule has 1 N–H and O–H groups in total. The van der Waals surface area contributed by atoms with Crippen molar-refractivity contribution in [2.75, 3.05) is 31.1 Å². The average molecular weight is 358 g/mol. The monoisotopic (exact) mass is 357 g/mol. The molecule has 0 amide bonds. The van der Waals surface area contributed by atoms with Crippen LogP contribution in [0.4, 0.5) is 5.82 Å². The molecule has 1 aliphatic carbocycles. The molecule has 132 valence electrons. The Morgan fingerprint density at radius 1 is 1.20 bits per heavy atom. The fourth-order valence-corrected chi connectivity index (χ4v) is 3.80. The van der Waals surface area contributed by atoms with E-state index in [0.29, 0.717) is 5.02 Å². The maximum absolute atomic E-state index is 6.33. The van der Waals surface area contributed by atoms with E-state index in [-0.39, 0.29) is 6.10 Å². The van der Waals surface area contributed by atoms with Crippen molar-refractivity contribution in [1.29, 1.82) is 0 Å². The van der Waals surface area contributed by atoms with Crippen molar-refractivity contribution < 1.29 is 4.74 Å². The lowest BCUT2D eigenvalue weighted by Crippen LogP contribution is -2.44. The predicted octanol–water partition coefficient (Wildman–Crippen LogP) is 3.91. The first-order valence-electron chi connectivity index (χ1n) is 9.09. The van der Waals surface area contributed by atoms with Gasteiger partial charge in [0.15, 0.2) is 0 Å². The molecule has 2 aliphatic rings. The normalized spacial score (nSPS) is 20.2. The fraction of sp³-hybridized carbons (Fsp3) is 0.450. The van der Waals surface area contributed by atoms with Crippen LogP contribution in [0.15, 0.2) is 30.3 Å². The maximum Gasteiger partial charge on any atom is 0.141 e. The lowest BCUT2D eigenvalue weighted by atomic mass is 9.93. The van der Waals surface area contributed by atoms with Crippen molar-refractivity contribution in [2.24, 2.45) is 0 Å². The molecule has 0 saturated carbocycles. The Kier molecular flexibility index (Phi) is 4.82. The third-order valence-electron chi connectivity index (χ3n) is 5.01. The third-order valence-corrected chi connectivity index (χ3v) is 5.32. The lowest BCUT2D eigenvalue weighted by Gasteiger charge is -2.31. The van der Waals surface area contributed by atoms with Crippen molar-refractivity contribution in [3.8, 4) is 5.75 Å². The van der Waals surface area contributed by atoms with Gasteiger partial charge in [-0.25, -0.2) is 4.98 Å². The molecule has 1 saturated heterocycles. The van der Waals surface area contributed by atoms with E-state index in [2.05, 4.69) is 29.3 Å². The van der Waals surface area contributed by atoms with E-state index in [1.807, 2.05) is 18.2 Å². The molecule has 1 atom stereocenters. The molecule has 25 heavy (non-hydrogen) atoms. The standard InChI is InChI=1S/C20H24ClN3O/c1-14-5-7-16(21)18(13-14)25-17-4-2-3-15-6-8-19(23-20(15)17)24-11-9-22-10-12-24/h5-8,13,17,22H,2-4,9-12H2,1H3/t17-/m0/s1. The summed E-state index contributed by atoms with van der Waals surface area (Å²) in [4.78, 5) is 7.35. The molecule has 2 aromatic rings. The summed E-state index contributed by atoms with van der Waals surface area (Å²) in [5, 5.41) is 4.05. The van der Waals surface area contributed by atoms with Gasteiger partial charge in [0.25, 0.3) is 0 Å². The van der Waals surface area contributed by atoms with Gasteiger partial charge in [0.1, 0.15) is 17.7 Å². The lowest BCUT2D eigenvalue weighted by molar-refractivity contribution is 0.178. The highest BCUT2D eigenvalue weighted by atomic mass is 35.5. The van der Waals surface area contributed by atoms with E-state index in [9.17, 15) is 0 Å². The molecule has 1 aliphatic heterocycles. The van der Waals surface area contributed by atoms with E-state index in [1.165, 1.54) is 5.56 Å². The summed E-state index contributed by atoms with van der Waals surface area (Å²) in [6.45, 7) is 6.08. The molecule has 4 nitrogen and oxygen atoms in total. The SMILES string of the molecule is Cc1ccc(Cl)c(O[C@H]2CCCc3ccc(N4CCNCC4)nc32)c1. The molecule has 0 spiro atoms. The van der Waals surface area contributed by atoms with E-state index in [0.717, 1.165) is 68.3 Å². The number of nitrogens with one attached hydrogen (secondary N) is 1. The Labute approximate surface area is 154 Å². The summed E-state index contributed by atoms with van der Waals surface area (Å²) in [6.07, 6.45) is 3.15. The van der Waals surface area contributed by atoms with Crippen molar-refractivity contribution in [2.45, 2.75) is 32.3 Å². The molecule has 5 heteroatoms. The van der Waals surface area contributed by atoms with E-state index in [1.54, 1.807) is 0 Å². The summed E-state index contributed by atoms with van der Waals surface area (Å²) >= 11 is 6.33. The molecule has 0 bridgehead atoms. The number of nitrogens with zero attached hydrogens (tertiary/aromatic N) is 2. The second-order valence-corrected chi connectivity index (χ2v) is 7.29. The summed E-state index contributed by atoms with van der Waals surface area (Å²) < 4.78 is 6.31. The highest BCUT2D eigenvalue weighted by Gasteiger charge is 2.25. The summed E-state index contributed by atoms with van der Waals surface area (Å²) in [5.74, 6) is 1.82. The second kappa shape index (κ2) is 7.22. The Morgan fingerprint density at radius 3 is 2.88 bits per heavy atom. The first-order valence-corrected chi connectivity index (χ1v) is 9.47. The van der Waals surface area contributed by atoms with Crippen LogP contribution in [-0.2, 0) is 6.42 Å². The van der Waals surface area contributed by atoms with Crippen LogP contribution in [0.3, 0.4) is 0 Å². The number of hydrogen-bond donors (Lipinski definition) is 1. The number of aromatic nitrogens is 1. The quantitative estimate of drug-likeness (QED) is 0.903. The van der Waals surface area contributed by atoms with Crippen LogP contribution in [0.2, 0.25) is 5.02 Å². The van der Waals surface area contributed by atoms with Gasteiger partial charge in [0, 0.05) is 26.2 Å². The van der Waals surface area contributed by atoms with Gasteiger partial charge in [-0.1, -0.05) is 23.7 Å². The molecule has 1 aromatic heterocycles. The Balaban J connectivity index is 1.62. The van der Waals surface area contributed by atoms with Crippen LogP contribution < -0.4 is 15.0 Å². The van der Waals surface area contributed by atoms with E-state index in [4.69, 9.17) is 21.3 Å². The van der Waals surface area contributed by atoms with Crippen LogP contribution in [-0.4, -0.2) is 31.2 Å². The van der Waals surface area contributed by atoms with Crippen LogP contribution >= 0.6 is 11.6 Å². The molecule has 0 radical (unpaired) electrons. The van der Waals surface area contributed by atoms with Gasteiger partial charge in [0.05, 0.1) is 10.7 Å². The average Bonchev–Trinajstić information content (AvgIpc) is 2.65. The van der Waals surface area contributed by atoms with Crippen LogP contribution in [0.5, 0.6) is 5.75 Å². The number of benzene rings is 1. The van der Waals surface area contributed by atoms with Crippen molar-refractivity contribution in [1.82, 2.24) is 10.3 Å². The number of rotatable bonds is 3. The topological polar surface area (TPSA) is 37.4 Å². The van der Waals surface area contributed by atoms with Crippen molar-refractivity contribution in [3.05, 3.63) is 52.2 Å². The minimum Gasteiger partial charge on any atom is -0.483 e. The third kappa shape index (κ3) is 3.60. The predicted molar refractivity (Wildman–Crippen MR) is 102 cm³/mol. The van der Waals surface area contributed by atoms with Gasteiger partial charge in [-0.05, 0) is 55.5 Å². The Morgan fingerprint density at radius 2 is 2.04 bits per heavy atom. The highest BCUT2D eigenvalue weighted by molar-refractivity contribution is 6.32. The van der Waals surface area contributed by atoms with Gasteiger partial charge >= 0.3 is 0 Å². The van der Waals surface area contributed by atoms with Crippen molar-refractivity contribution >= 4 is 17.4 Å². The van der Waals surface area contributed by atoms with Gasteiger partial charge in [-0.3, -0.25) is 0 Å². The number of piperazine rings is 1. The summed E-state index contributed by atoms with van der Waals surface area (Å²) in [6, 6.07) is 10.3. The number of aryl methyl sites for hydroxylation is 2. The molecule has 0 unspecified atom stereocenters. The molecule has 4 rings (SSSR count). The van der Waals surface area contributed by atoms with Crippen molar-refractivity contribution in [3.63, 3.8) is 0 Å². The number of pyridine rings is 1. The van der Waals surface area contributed by atoms with E-state index >= 15 is 0 Å². The molecular formula is C20H24ClN3O. The minimum absolute atomic E-state index is 0.0223. The van der Waals surface area contributed by atoms with Gasteiger partial charge < -0.3 is 15.0 Å². The second-order valence-electron chi connectivity index (χ2n) is 6.88. The number of hydrogen-bond acceptors (Lipinski definition) is 4.